The van der Waals surface area contributed by atoms with Gasteiger partial charge in [0.25, 0.3) is 0 Å². The van der Waals surface area contributed by atoms with Crippen LogP contribution < -0.4 is 9.47 Å². The van der Waals surface area contributed by atoms with Crippen molar-refractivity contribution in [3.05, 3.63) is 58.6 Å². The largest absolute Gasteiger partial charge is 0.465 e. The lowest BCUT2D eigenvalue weighted by Crippen LogP contribution is -3.11. The highest BCUT2D eigenvalue weighted by atomic mass is 16.5. The molecule has 0 saturated carbocycles. The van der Waals surface area contributed by atoms with Gasteiger partial charge in [-0.05, 0) is 30.1 Å². The van der Waals surface area contributed by atoms with Crippen LogP contribution in [0.1, 0.15) is 40.7 Å². The van der Waals surface area contributed by atoms with Crippen LogP contribution in [0.4, 0.5) is 0 Å². The van der Waals surface area contributed by atoms with Crippen molar-refractivity contribution in [3.63, 3.8) is 0 Å². The third kappa shape index (κ3) is 3.32. The van der Waals surface area contributed by atoms with E-state index < -0.39 is 0 Å². The first-order chi connectivity index (χ1) is 14.8. The van der Waals surface area contributed by atoms with E-state index in [0.29, 0.717) is 17.6 Å². The van der Waals surface area contributed by atoms with Gasteiger partial charge < -0.3 is 19.5 Å². The summed E-state index contributed by atoms with van der Waals surface area (Å²) in [5.41, 5.74) is 5.28. The van der Waals surface area contributed by atoms with E-state index >= 15 is 0 Å². The van der Waals surface area contributed by atoms with Crippen molar-refractivity contribution in [2.45, 2.75) is 25.3 Å². The molecule has 1 aromatic rings. The lowest BCUT2D eigenvalue weighted by atomic mass is 9.71. The fourth-order valence-corrected chi connectivity index (χ4v) is 5.76. The van der Waals surface area contributed by atoms with Crippen LogP contribution in [0.3, 0.4) is 0 Å². The molecule has 3 aliphatic rings. The minimum absolute atomic E-state index is 0.0200. The maximum atomic E-state index is 12.7. The van der Waals surface area contributed by atoms with E-state index in [-0.39, 0.29) is 42.3 Å². The summed E-state index contributed by atoms with van der Waals surface area (Å²) < 4.78 is 12.0. The van der Waals surface area contributed by atoms with E-state index in [1.165, 1.54) is 14.2 Å². The number of aliphatic hydroxyl groups is 1. The highest BCUT2D eigenvalue weighted by molar-refractivity contribution is 5.94. The number of rotatable bonds is 4. The zero-order valence-electron chi connectivity index (χ0n) is 18.6. The molecule has 0 fully saturated rings. The number of esters is 2. The molecule has 164 valence electrons. The van der Waals surface area contributed by atoms with E-state index in [4.69, 9.17) is 9.47 Å². The first kappa shape index (κ1) is 21.5. The predicted octanol–water partition coefficient (Wildman–Crippen LogP) is 0.307. The summed E-state index contributed by atoms with van der Waals surface area (Å²) in [6, 6.07) is 0.0200. The number of allylic oxidation sites excluding steroid dienone is 2. The number of aryl methyl sites for hydroxylation is 1. The number of carbonyl (C=O) groups is 2. The molecule has 0 saturated heterocycles. The molecule has 2 aliphatic carbocycles. The number of aromatic nitrogens is 1. The van der Waals surface area contributed by atoms with Gasteiger partial charge in [-0.25, -0.2) is 14.2 Å². The summed E-state index contributed by atoms with van der Waals surface area (Å²) in [5, 5.41) is 10.1. The van der Waals surface area contributed by atoms with Gasteiger partial charge in [-0.2, -0.15) is 0 Å². The van der Waals surface area contributed by atoms with Crippen molar-refractivity contribution in [3.8, 4) is 0 Å². The Bertz CT molecular complexity index is 1040. The molecule has 3 unspecified atom stereocenters. The fraction of sp³-hybridized carbons (Fsp3) is 0.458. The smallest absolute Gasteiger partial charge is 0.344 e. The SMILES string of the molecule is COC(=O)C1=C[NH+](C)C(C2C=C(C)c3c[n+](C)cc(C(=O)OC)c32)[C@@H]2C(CO)=CC[C@H]12. The molecule has 2 N–H and O–H groups in total. The molecule has 0 aromatic carbocycles. The quantitative estimate of drug-likeness (QED) is 0.412. The maximum Gasteiger partial charge on any atom is 0.344 e. The van der Waals surface area contributed by atoms with E-state index in [0.717, 1.165) is 27.2 Å². The number of quaternary nitrogens is 1. The van der Waals surface area contributed by atoms with Crippen LogP contribution in [-0.2, 0) is 21.3 Å². The second-order valence-corrected chi connectivity index (χ2v) is 8.70. The van der Waals surface area contributed by atoms with Crippen molar-refractivity contribution < 1.29 is 33.6 Å². The number of likely N-dealkylation sites (N-methyl/N-ethyl adjacent to an activating group) is 1. The Hall–Kier alpha value is -2.77. The number of ether oxygens (including phenoxy) is 2. The van der Waals surface area contributed by atoms with Gasteiger partial charge in [-0.15, -0.1) is 0 Å². The Morgan fingerprint density at radius 1 is 1.23 bits per heavy atom. The Labute approximate surface area is 182 Å². The molecule has 5 atom stereocenters. The normalized spacial score (nSPS) is 28.8. The monoisotopic (exact) mass is 426 g/mol. The summed E-state index contributed by atoms with van der Waals surface area (Å²) in [6.45, 7) is 2.01. The van der Waals surface area contributed by atoms with Gasteiger partial charge >= 0.3 is 11.9 Å². The molecule has 1 aromatic heterocycles. The number of hydrogen-bond acceptors (Lipinski definition) is 5. The van der Waals surface area contributed by atoms with Crippen LogP contribution >= 0.6 is 0 Å². The Balaban J connectivity index is 1.87. The predicted molar refractivity (Wildman–Crippen MR) is 113 cm³/mol. The third-order valence-electron chi connectivity index (χ3n) is 7.02. The fourth-order valence-electron chi connectivity index (χ4n) is 5.76. The number of pyridine rings is 1. The molecule has 7 nitrogen and oxygen atoms in total. The topological polar surface area (TPSA) is 81.2 Å². The number of aliphatic hydroxyl groups excluding tert-OH is 1. The lowest BCUT2D eigenvalue weighted by Gasteiger charge is -2.40. The van der Waals surface area contributed by atoms with Crippen LogP contribution in [0, 0.1) is 11.8 Å². The minimum atomic E-state index is -0.360. The molecule has 1 aliphatic heterocycles. The molecular formula is C24H30N2O5+2. The van der Waals surface area contributed by atoms with Crippen molar-refractivity contribution in [1.29, 1.82) is 0 Å². The number of carbonyl (C=O) groups excluding carboxylic acids is 2. The van der Waals surface area contributed by atoms with E-state index in [9.17, 15) is 14.7 Å². The van der Waals surface area contributed by atoms with Crippen molar-refractivity contribution in [1.82, 2.24) is 0 Å². The summed E-state index contributed by atoms with van der Waals surface area (Å²) >= 11 is 0. The summed E-state index contributed by atoms with van der Waals surface area (Å²) in [6.07, 6.45) is 10.8. The molecule has 0 radical (unpaired) electrons. The van der Waals surface area contributed by atoms with Crippen LogP contribution in [-0.4, -0.2) is 51.0 Å². The minimum Gasteiger partial charge on any atom is -0.465 e. The second-order valence-electron chi connectivity index (χ2n) is 8.70. The van der Waals surface area contributed by atoms with E-state index in [1.807, 2.05) is 37.3 Å². The zero-order valence-corrected chi connectivity index (χ0v) is 18.6. The van der Waals surface area contributed by atoms with Gasteiger partial charge in [0.1, 0.15) is 24.9 Å². The van der Waals surface area contributed by atoms with Crippen molar-refractivity contribution >= 4 is 17.5 Å². The number of hydrogen-bond donors (Lipinski definition) is 2. The third-order valence-corrected chi connectivity index (χ3v) is 7.02. The van der Waals surface area contributed by atoms with Gasteiger partial charge in [0.05, 0.1) is 39.4 Å². The van der Waals surface area contributed by atoms with Crippen LogP contribution in [0.15, 0.2) is 41.9 Å². The molecule has 31 heavy (non-hydrogen) atoms. The van der Waals surface area contributed by atoms with Crippen molar-refractivity contribution in [2.75, 3.05) is 27.9 Å². The van der Waals surface area contributed by atoms with Crippen molar-refractivity contribution in [2.24, 2.45) is 18.9 Å². The number of fused-ring (bicyclic) bond motifs is 2. The van der Waals surface area contributed by atoms with Crippen LogP contribution in [0.5, 0.6) is 0 Å². The average molecular weight is 427 g/mol. The highest BCUT2D eigenvalue weighted by Crippen LogP contribution is 2.47. The zero-order chi connectivity index (χ0) is 22.4. The molecule has 0 amide bonds. The van der Waals surface area contributed by atoms with Gasteiger partial charge in [0.2, 0.25) is 0 Å². The lowest BCUT2D eigenvalue weighted by molar-refractivity contribution is -0.862. The van der Waals surface area contributed by atoms with Crippen LogP contribution in [0.25, 0.3) is 5.57 Å². The first-order valence-corrected chi connectivity index (χ1v) is 10.6. The van der Waals surface area contributed by atoms with Gasteiger partial charge in [-0.1, -0.05) is 12.2 Å². The van der Waals surface area contributed by atoms with E-state index in [2.05, 4.69) is 19.1 Å². The van der Waals surface area contributed by atoms with Gasteiger partial charge in [-0.3, -0.25) is 0 Å². The number of nitrogens with zero attached hydrogens (tertiary/aromatic N) is 1. The van der Waals surface area contributed by atoms with Gasteiger partial charge in [0, 0.05) is 17.4 Å². The summed E-state index contributed by atoms with van der Waals surface area (Å²) in [5.74, 6) is -0.797. The Kier molecular flexibility index (Phi) is 5.58. The van der Waals surface area contributed by atoms with Gasteiger partial charge in [0.15, 0.2) is 12.4 Å². The molecule has 2 heterocycles. The second kappa shape index (κ2) is 8.05. The standard InChI is InChI=1S/C24H29N2O5/c1-13-8-16(21-17(13)9-25(2)10-19(21)24(29)31-5)22-20-14(12-27)6-7-15(20)18(11-26(22)3)23(28)30-4/h6,8-11,15-16,20,22,27H,7,12H2,1-5H3/q+1/p+1/t15-,16?,20-,22?/m1/s1. The number of nitrogens with one attached hydrogen (secondary N) is 1. The number of methoxy groups -OCH3 is 2. The molecule has 0 spiro atoms. The molecule has 0 bridgehead atoms. The maximum absolute atomic E-state index is 12.7. The first-order valence-electron chi connectivity index (χ1n) is 10.6. The van der Waals surface area contributed by atoms with Crippen LogP contribution in [0.2, 0.25) is 0 Å². The molecular weight excluding hydrogens is 396 g/mol. The van der Waals surface area contributed by atoms with E-state index in [1.54, 1.807) is 0 Å². The summed E-state index contributed by atoms with van der Waals surface area (Å²) in [7, 11) is 6.72. The Morgan fingerprint density at radius 3 is 2.58 bits per heavy atom. The average Bonchev–Trinajstić information content (AvgIpc) is 3.33. The summed E-state index contributed by atoms with van der Waals surface area (Å²) in [4.78, 5) is 26.2. The molecule has 7 heteroatoms. The Morgan fingerprint density at radius 2 is 1.94 bits per heavy atom. The highest BCUT2D eigenvalue weighted by Gasteiger charge is 2.52. The molecule has 4 rings (SSSR count).